The molecule has 0 radical (unpaired) electrons. The molecule has 3 rings (SSSR count). The number of rotatable bonds is 4. The van der Waals surface area contributed by atoms with Gasteiger partial charge in [-0.25, -0.2) is 4.79 Å². The third kappa shape index (κ3) is 5.06. The van der Waals surface area contributed by atoms with Crippen molar-refractivity contribution in [3.8, 4) is 5.75 Å². The number of carbonyl (C=O) groups is 1. The number of carbonyl (C=O) groups excluding carboxylic acids is 1. The lowest BCUT2D eigenvalue weighted by Gasteiger charge is -2.26. The maximum absolute atomic E-state index is 12.2. The van der Waals surface area contributed by atoms with Gasteiger partial charge in [0.1, 0.15) is 5.75 Å². The summed E-state index contributed by atoms with van der Waals surface area (Å²) < 4.78 is 10.7. The lowest BCUT2D eigenvalue weighted by atomic mass is 10.1. The van der Waals surface area contributed by atoms with E-state index in [1.807, 2.05) is 36.4 Å². The van der Waals surface area contributed by atoms with Crippen molar-refractivity contribution in [2.45, 2.75) is 6.54 Å². The van der Waals surface area contributed by atoms with Crippen LogP contribution in [0.25, 0.3) is 0 Å². The molecule has 2 aromatic carbocycles. The molecule has 0 aliphatic carbocycles. The van der Waals surface area contributed by atoms with Gasteiger partial charge in [-0.15, -0.1) is 12.4 Å². The van der Waals surface area contributed by atoms with Crippen LogP contribution in [-0.4, -0.2) is 37.2 Å². The second kappa shape index (κ2) is 8.67. The molecule has 1 heterocycles. The molecule has 1 fully saturated rings. The zero-order chi connectivity index (χ0) is 15.2. The Bertz CT molecular complexity index is 627. The van der Waals surface area contributed by atoms with E-state index in [1.165, 1.54) is 0 Å². The Morgan fingerprint density at radius 2 is 1.78 bits per heavy atom. The van der Waals surface area contributed by atoms with Gasteiger partial charge in [0.05, 0.1) is 18.8 Å². The van der Waals surface area contributed by atoms with Crippen molar-refractivity contribution in [1.29, 1.82) is 0 Å². The standard InChI is InChI=1S/C18H19NO3.ClH/c20-18(22-17-7-2-1-3-8-17)16-6-4-5-15(13-16)14-19-9-11-21-12-10-19;/h1-8,13H,9-12,14H2;1H. The SMILES string of the molecule is Cl.O=C(Oc1ccccc1)c1cccc(CN2CCOCC2)c1. The molecule has 0 saturated carbocycles. The summed E-state index contributed by atoms with van der Waals surface area (Å²) in [5.74, 6) is 0.237. The molecule has 0 spiro atoms. The quantitative estimate of drug-likeness (QED) is 0.636. The Morgan fingerprint density at radius 3 is 2.52 bits per heavy atom. The van der Waals surface area contributed by atoms with Crippen LogP contribution in [0.3, 0.4) is 0 Å². The van der Waals surface area contributed by atoms with Gasteiger partial charge in [0.15, 0.2) is 0 Å². The molecular weight excluding hydrogens is 314 g/mol. The van der Waals surface area contributed by atoms with Crippen molar-refractivity contribution in [3.63, 3.8) is 0 Å². The highest BCUT2D eigenvalue weighted by atomic mass is 35.5. The van der Waals surface area contributed by atoms with Gasteiger partial charge in [0.2, 0.25) is 0 Å². The number of nitrogens with zero attached hydrogens (tertiary/aromatic N) is 1. The molecule has 0 unspecified atom stereocenters. The van der Waals surface area contributed by atoms with Crippen molar-refractivity contribution in [1.82, 2.24) is 4.90 Å². The van der Waals surface area contributed by atoms with Crippen LogP contribution < -0.4 is 4.74 Å². The number of hydrogen-bond acceptors (Lipinski definition) is 4. The Labute approximate surface area is 142 Å². The van der Waals surface area contributed by atoms with Crippen molar-refractivity contribution in [2.75, 3.05) is 26.3 Å². The van der Waals surface area contributed by atoms with Gasteiger partial charge in [-0.3, -0.25) is 4.90 Å². The predicted octanol–water partition coefficient (Wildman–Crippen LogP) is 3.16. The van der Waals surface area contributed by atoms with Gasteiger partial charge in [0, 0.05) is 19.6 Å². The van der Waals surface area contributed by atoms with Crippen LogP contribution in [-0.2, 0) is 11.3 Å². The normalized spacial score (nSPS) is 14.8. The average Bonchev–Trinajstić information content (AvgIpc) is 2.57. The highest BCUT2D eigenvalue weighted by Crippen LogP contribution is 2.14. The molecule has 0 atom stereocenters. The summed E-state index contributed by atoms with van der Waals surface area (Å²) in [5.41, 5.74) is 1.69. The predicted molar refractivity (Wildman–Crippen MR) is 91.2 cm³/mol. The van der Waals surface area contributed by atoms with E-state index >= 15 is 0 Å². The largest absolute Gasteiger partial charge is 0.423 e. The maximum Gasteiger partial charge on any atom is 0.343 e. The van der Waals surface area contributed by atoms with Crippen LogP contribution in [0.1, 0.15) is 15.9 Å². The van der Waals surface area contributed by atoms with Crippen LogP contribution in [0.2, 0.25) is 0 Å². The number of morpholine rings is 1. The molecule has 5 heteroatoms. The van der Waals surface area contributed by atoms with Crippen LogP contribution in [0.5, 0.6) is 5.75 Å². The number of hydrogen-bond donors (Lipinski definition) is 0. The van der Waals surface area contributed by atoms with Crippen molar-refractivity contribution < 1.29 is 14.3 Å². The molecule has 0 N–H and O–H groups in total. The summed E-state index contributed by atoms with van der Waals surface area (Å²) in [5, 5.41) is 0. The van der Waals surface area contributed by atoms with Gasteiger partial charge in [-0.1, -0.05) is 30.3 Å². The molecular formula is C18H20ClNO3. The number of ether oxygens (including phenoxy) is 2. The summed E-state index contributed by atoms with van der Waals surface area (Å²) in [7, 11) is 0. The maximum atomic E-state index is 12.2. The van der Waals surface area contributed by atoms with Crippen molar-refractivity contribution >= 4 is 18.4 Å². The Kier molecular flexibility index (Phi) is 6.59. The average molecular weight is 334 g/mol. The summed E-state index contributed by atoms with van der Waals surface area (Å²) in [6, 6.07) is 16.8. The first-order chi connectivity index (χ1) is 10.8. The first kappa shape index (κ1) is 17.5. The molecule has 0 aromatic heterocycles. The molecule has 4 nitrogen and oxygen atoms in total. The highest BCUT2D eigenvalue weighted by molar-refractivity contribution is 5.91. The Balaban J connectivity index is 0.00000192. The first-order valence-corrected chi connectivity index (χ1v) is 7.47. The summed E-state index contributed by atoms with van der Waals surface area (Å²) in [4.78, 5) is 14.5. The minimum atomic E-state index is -0.324. The van der Waals surface area contributed by atoms with E-state index in [1.54, 1.807) is 18.2 Å². The monoisotopic (exact) mass is 333 g/mol. The molecule has 2 aromatic rings. The molecule has 1 aliphatic heterocycles. The fourth-order valence-electron chi connectivity index (χ4n) is 2.47. The van der Waals surface area contributed by atoms with Crippen molar-refractivity contribution in [2.24, 2.45) is 0 Å². The Morgan fingerprint density at radius 1 is 1.04 bits per heavy atom. The number of para-hydroxylation sites is 1. The molecule has 1 aliphatic rings. The third-order valence-corrected chi connectivity index (χ3v) is 3.63. The lowest BCUT2D eigenvalue weighted by Crippen LogP contribution is -2.35. The van der Waals surface area contributed by atoms with Gasteiger partial charge < -0.3 is 9.47 Å². The summed E-state index contributed by atoms with van der Waals surface area (Å²) in [6.07, 6.45) is 0. The fourth-order valence-corrected chi connectivity index (χ4v) is 2.47. The second-order valence-electron chi connectivity index (χ2n) is 5.29. The van der Waals surface area contributed by atoms with E-state index in [-0.39, 0.29) is 18.4 Å². The van der Waals surface area contributed by atoms with E-state index < -0.39 is 0 Å². The number of halogens is 1. The molecule has 0 bridgehead atoms. The van der Waals surface area contributed by atoms with E-state index in [0.717, 1.165) is 38.4 Å². The molecule has 23 heavy (non-hydrogen) atoms. The van der Waals surface area contributed by atoms with Gasteiger partial charge in [-0.2, -0.15) is 0 Å². The molecule has 122 valence electrons. The summed E-state index contributed by atoms with van der Waals surface area (Å²) in [6.45, 7) is 4.23. The van der Waals surface area contributed by atoms with Gasteiger partial charge in [0.25, 0.3) is 0 Å². The summed E-state index contributed by atoms with van der Waals surface area (Å²) >= 11 is 0. The number of esters is 1. The van der Waals surface area contributed by atoms with Gasteiger partial charge in [-0.05, 0) is 29.8 Å². The van der Waals surface area contributed by atoms with Crippen molar-refractivity contribution in [3.05, 3.63) is 65.7 Å². The lowest BCUT2D eigenvalue weighted by molar-refractivity contribution is 0.0341. The topological polar surface area (TPSA) is 38.8 Å². The van der Waals surface area contributed by atoms with E-state index in [0.29, 0.717) is 11.3 Å². The molecule has 1 saturated heterocycles. The van der Waals surface area contributed by atoms with Crippen LogP contribution >= 0.6 is 12.4 Å². The zero-order valence-electron chi connectivity index (χ0n) is 12.8. The minimum Gasteiger partial charge on any atom is -0.423 e. The van der Waals surface area contributed by atoms with Crippen LogP contribution in [0, 0.1) is 0 Å². The van der Waals surface area contributed by atoms with Crippen LogP contribution in [0.15, 0.2) is 54.6 Å². The van der Waals surface area contributed by atoms with E-state index in [4.69, 9.17) is 9.47 Å². The van der Waals surface area contributed by atoms with E-state index in [9.17, 15) is 4.79 Å². The van der Waals surface area contributed by atoms with Crippen LogP contribution in [0.4, 0.5) is 0 Å². The Hall–Kier alpha value is -1.88. The highest BCUT2D eigenvalue weighted by Gasteiger charge is 2.13. The second-order valence-corrected chi connectivity index (χ2v) is 5.29. The van der Waals surface area contributed by atoms with Gasteiger partial charge >= 0.3 is 5.97 Å². The number of benzene rings is 2. The van der Waals surface area contributed by atoms with E-state index in [2.05, 4.69) is 4.90 Å². The molecule has 0 amide bonds. The first-order valence-electron chi connectivity index (χ1n) is 7.47. The zero-order valence-corrected chi connectivity index (χ0v) is 13.6. The third-order valence-electron chi connectivity index (χ3n) is 3.63. The minimum absolute atomic E-state index is 0. The smallest absolute Gasteiger partial charge is 0.343 e. The fraction of sp³-hybridized carbons (Fsp3) is 0.278.